The van der Waals surface area contributed by atoms with Crippen molar-refractivity contribution in [3.05, 3.63) is 0 Å². The van der Waals surface area contributed by atoms with E-state index < -0.39 is 6.04 Å². The molecule has 0 bridgehead atoms. The van der Waals surface area contributed by atoms with Crippen molar-refractivity contribution in [1.29, 1.82) is 0 Å². The monoisotopic (exact) mass is 467 g/mol. The molecule has 1 fully saturated rings. The fourth-order valence-electron chi connectivity index (χ4n) is 4.73. The predicted octanol–water partition coefficient (Wildman–Crippen LogP) is 7.09. The lowest BCUT2D eigenvalue weighted by Crippen LogP contribution is -2.47. The Labute approximate surface area is 203 Å². The predicted molar refractivity (Wildman–Crippen MR) is 136 cm³/mol. The smallest absolute Gasteiger partial charge is 0.323 e. The molecule has 1 saturated heterocycles. The summed E-state index contributed by atoms with van der Waals surface area (Å²) >= 11 is 0. The van der Waals surface area contributed by atoms with Gasteiger partial charge in [-0.15, -0.1) is 0 Å². The first kappa shape index (κ1) is 29.9. The van der Waals surface area contributed by atoms with Crippen molar-refractivity contribution in [2.24, 2.45) is 17.6 Å². The number of cyclic esters (lactones) is 1. The van der Waals surface area contributed by atoms with Gasteiger partial charge in [-0.3, -0.25) is 9.59 Å². The standard InChI is InChI=1S/C28H53NO4/c1-5-7-9-11-12-13-14-15-16-18-23(32-28(31)25(29)20-22(3)4)21-26-24(27(30)33-26)19-17-10-8-6-2/h22-26H,5-21,29H2,1-4H3/t23-,24-,25-,26-/m0/s1. The molecule has 1 heterocycles. The number of nitrogens with two attached hydrogens (primary N) is 1. The van der Waals surface area contributed by atoms with Crippen molar-refractivity contribution >= 4 is 11.9 Å². The number of carbonyl (C=O) groups excluding carboxylic acids is 2. The Balaban J connectivity index is 2.47. The maximum atomic E-state index is 12.6. The van der Waals surface area contributed by atoms with Crippen LogP contribution < -0.4 is 5.73 Å². The molecule has 194 valence electrons. The van der Waals surface area contributed by atoms with Crippen LogP contribution in [-0.2, 0) is 19.1 Å². The summed E-state index contributed by atoms with van der Waals surface area (Å²) in [5, 5.41) is 0. The highest BCUT2D eigenvalue weighted by Gasteiger charge is 2.43. The number of hydrogen-bond acceptors (Lipinski definition) is 5. The van der Waals surface area contributed by atoms with Gasteiger partial charge in [-0.25, -0.2) is 0 Å². The summed E-state index contributed by atoms with van der Waals surface area (Å²) in [6, 6.07) is -0.579. The zero-order valence-corrected chi connectivity index (χ0v) is 22.1. The third-order valence-corrected chi connectivity index (χ3v) is 6.82. The molecule has 2 N–H and O–H groups in total. The van der Waals surface area contributed by atoms with Gasteiger partial charge in [0.2, 0.25) is 0 Å². The number of rotatable bonds is 21. The van der Waals surface area contributed by atoms with Gasteiger partial charge in [-0.2, -0.15) is 0 Å². The van der Waals surface area contributed by atoms with Crippen LogP contribution in [0, 0.1) is 11.8 Å². The van der Waals surface area contributed by atoms with Crippen LogP contribution in [0.1, 0.15) is 137 Å². The fourth-order valence-corrected chi connectivity index (χ4v) is 4.73. The maximum absolute atomic E-state index is 12.6. The molecule has 1 rings (SSSR count). The topological polar surface area (TPSA) is 78.6 Å². The second-order valence-corrected chi connectivity index (χ2v) is 10.6. The van der Waals surface area contributed by atoms with E-state index in [4.69, 9.17) is 15.2 Å². The van der Waals surface area contributed by atoms with E-state index in [-0.39, 0.29) is 30.1 Å². The van der Waals surface area contributed by atoms with Crippen LogP contribution in [0.3, 0.4) is 0 Å². The minimum Gasteiger partial charge on any atom is -0.461 e. The summed E-state index contributed by atoms with van der Waals surface area (Å²) in [6.07, 6.45) is 18.6. The van der Waals surface area contributed by atoms with E-state index in [1.807, 2.05) is 0 Å². The van der Waals surface area contributed by atoms with Crippen LogP contribution in [0.25, 0.3) is 0 Å². The Bertz CT molecular complexity index is 522. The second-order valence-electron chi connectivity index (χ2n) is 10.6. The van der Waals surface area contributed by atoms with Gasteiger partial charge in [0.05, 0.1) is 5.92 Å². The number of carbonyl (C=O) groups is 2. The van der Waals surface area contributed by atoms with Gasteiger partial charge in [0.1, 0.15) is 18.2 Å². The SMILES string of the molecule is CCCCCCCCCCC[C@@H](C[C@@H]1OC(=O)[C@H]1CCCCCC)OC(=O)[C@@H](N)CC(C)C. The van der Waals surface area contributed by atoms with E-state index in [1.54, 1.807) is 0 Å². The quantitative estimate of drug-likeness (QED) is 0.144. The van der Waals surface area contributed by atoms with Crippen molar-refractivity contribution in [2.75, 3.05) is 0 Å². The van der Waals surface area contributed by atoms with E-state index >= 15 is 0 Å². The number of hydrogen-bond donors (Lipinski definition) is 1. The summed E-state index contributed by atoms with van der Waals surface area (Å²) in [6.45, 7) is 8.56. The first-order valence-electron chi connectivity index (χ1n) is 14.1. The van der Waals surface area contributed by atoms with Gasteiger partial charge < -0.3 is 15.2 Å². The van der Waals surface area contributed by atoms with Crippen LogP contribution in [0.2, 0.25) is 0 Å². The molecule has 0 aromatic heterocycles. The first-order valence-corrected chi connectivity index (χ1v) is 14.1. The van der Waals surface area contributed by atoms with Gasteiger partial charge in [0, 0.05) is 6.42 Å². The lowest BCUT2D eigenvalue weighted by atomic mass is 9.86. The average Bonchev–Trinajstić information content (AvgIpc) is 2.76. The van der Waals surface area contributed by atoms with Crippen molar-refractivity contribution in [2.45, 2.75) is 155 Å². The molecular formula is C28H53NO4. The van der Waals surface area contributed by atoms with Crippen molar-refractivity contribution in [1.82, 2.24) is 0 Å². The molecule has 0 saturated carbocycles. The summed E-state index contributed by atoms with van der Waals surface area (Å²) in [4.78, 5) is 24.6. The third-order valence-electron chi connectivity index (χ3n) is 6.82. The van der Waals surface area contributed by atoms with Crippen molar-refractivity contribution in [3.63, 3.8) is 0 Å². The minimum absolute atomic E-state index is 0.0319. The Kier molecular flexibility index (Phi) is 16.6. The molecule has 0 aliphatic carbocycles. The zero-order chi connectivity index (χ0) is 24.5. The first-order chi connectivity index (χ1) is 15.9. The van der Waals surface area contributed by atoms with Gasteiger partial charge in [0.25, 0.3) is 0 Å². The number of esters is 2. The molecule has 0 aromatic carbocycles. The lowest BCUT2D eigenvalue weighted by Gasteiger charge is -2.37. The van der Waals surface area contributed by atoms with E-state index in [2.05, 4.69) is 27.7 Å². The molecule has 0 amide bonds. The Morgan fingerprint density at radius 3 is 2.00 bits per heavy atom. The van der Waals surface area contributed by atoms with E-state index in [1.165, 1.54) is 57.8 Å². The Hall–Kier alpha value is -1.10. The Morgan fingerprint density at radius 1 is 0.909 bits per heavy atom. The number of unbranched alkanes of at least 4 members (excludes halogenated alkanes) is 11. The molecule has 0 spiro atoms. The maximum Gasteiger partial charge on any atom is 0.323 e. The highest BCUT2D eigenvalue weighted by atomic mass is 16.6. The molecule has 5 nitrogen and oxygen atoms in total. The van der Waals surface area contributed by atoms with E-state index in [9.17, 15) is 9.59 Å². The van der Waals surface area contributed by atoms with Gasteiger partial charge >= 0.3 is 11.9 Å². The molecule has 33 heavy (non-hydrogen) atoms. The van der Waals surface area contributed by atoms with Crippen LogP contribution in [0.4, 0.5) is 0 Å². The summed E-state index contributed by atoms with van der Waals surface area (Å²) < 4.78 is 11.3. The third kappa shape index (κ3) is 13.4. The molecule has 0 unspecified atom stereocenters. The van der Waals surface area contributed by atoms with Crippen LogP contribution >= 0.6 is 0 Å². The molecule has 4 atom stereocenters. The number of ether oxygens (including phenoxy) is 2. The summed E-state index contributed by atoms with van der Waals surface area (Å²) in [5.41, 5.74) is 6.07. The molecular weight excluding hydrogens is 414 g/mol. The molecule has 5 heteroatoms. The van der Waals surface area contributed by atoms with Crippen molar-refractivity contribution < 1.29 is 19.1 Å². The lowest BCUT2D eigenvalue weighted by molar-refractivity contribution is -0.190. The van der Waals surface area contributed by atoms with Gasteiger partial charge in [-0.05, 0) is 31.6 Å². The molecule has 1 aliphatic heterocycles. The van der Waals surface area contributed by atoms with E-state index in [0.717, 1.165) is 38.5 Å². The fraction of sp³-hybridized carbons (Fsp3) is 0.929. The normalized spacial score (nSPS) is 19.8. The highest BCUT2D eigenvalue weighted by molar-refractivity contribution is 5.78. The zero-order valence-electron chi connectivity index (χ0n) is 22.1. The molecule has 0 radical (unpaired) electrons. The second kappa shape index (κ2) is 18.3. The molecule has 0 aromatic rings. The van der Waals surface area contributed by atoms with Crippen LogP contribution in [0.15, 0.2) is 0 Å². The van der Waals surface area contributed by atoms with E-state index in [0.29, 0.717) is 18.8 Å². The highest BCUT2D eigenvalue weighted by Crippen LogP contribution is 2.32. The summed E-state index contributed by atoms with van der Waals surface area (Å²) in [7, 11) is 0. The molecule has 1 aliphatic rings. The van der Waals surface area contributed by atoms with Gasteiger partial charge in [0.15, 0.2) is 0 Å². The van der Waals surface area contributed by atoms with Crippen molar-refractivity contribution in [3.8, 4) is 0 Å². The minimum atomic E-state index is -0.579. The van der Waals surface area contributed by atoms with Crippen LogP contribution in [-0.4, -0.2) is 30.2 Å². The largest absolute Gasteiger partial charge is 0.461 e. The summed E-state index contributed by atoms with van der Waals surface area (Å²) in [5.74, 6) is -0.0742. The van der Waals surface area contributed by atoms with Crippen LogP contribution in [0.5, 0.6) is 0 Å². The average molecular weight is 468 g/mol. The Morgan fingerprint density at radius 2 is 1.45 bits per heavy atom. The van der Waals surface area contributed by atoms with Gasteiger partial charge in [-0.1, -0.05) is 105 Å².